The van der Waals surface area contributed by atoms with Gasteiger partial charge in [-0.25, -0.2) is 4.57 Å². The maximum Gasteiger partial charge on any atom is 0.469 e. The fourth-order valence-electron chi connectivity index (χ4n) is 4.22. The standard InChI is InChI=1S/C27H43O5P/c1-2-3-4-5-6-7-8-9-10-11-12-13-14-20-25(23-31-33(28,29)30)32-27-22-17-19-24-18-15-16-21-26(24)27/h15-19,21-22,25H,2-14,20,23H2,1H3,(H2,28,29,30). The third-order valence-corrected chi connectivity index (χ3v) is 6.59. The molecule has 2 rings (SSSR count). The molecule has 0 saturated carbocycles. The molecule has 186 valence electrons. The summed E-state index contributed by atoms with van der Waals surface area (Å²) in [5.74, 6) is 0.724. The highest BCUT2D eigenvalue weighted by molar-refractivity contribution is 7.46. The van der Waals surface area contributed by atoms with E-state index in [1.54, 1.807) is 0 Å². The van der Waals surface area contributed by atoms with E-state index in [0.29, 0.717) is 6.42 Å². The van der Waals surface area contributed by atoms with Gasteiger partial charge in [-0.2, -0.15) is 0 Å². The molecule has 0 aliphatic heterocycles. The number of benzene rings is 2. The van der Waals surface area contributed by atoms with Crippen LogP contribution in [0.25, 0.3) is 10.8 Å². The molecule has 0 radical (unpaired) electrons. The molecule has 2 aromatic carbocycles. The summed E-state index contributed by atoms with van der Waals surface area (Å²) in [5.41, 5.74) is 0. The van der Waals surface area contributed by atoms with Gasteiger partial charge in [-0.05, 0) is 24.3 Å². The molecule has 2 aromatic rings. The second-order valence-electron chi connectivity index (χ2n) is 9.03. The Labute approximate surface area is 200 Å². The van der Waals surface area contributed by atoms with Crippen LogP contribution >= 0.6 is 7.82 Å². The summed E-state index contributed by atoms with van der Waals surface area (Å²) in [7, 11) is -4.52. The van der Waals surface area contributed by atoms with Gasteiger partial charge in [-0.1, -0.05) is 120 Å². The summed E-state index contributed by atoms with van der Waals surface area (Å²) in [6.07, 6.45) is 17.0. The Kier molecular flexibility index (Phi) is 13.7. The quantitative estimate of drug-likeness (QED) is 0.157. The van der Waals surface area contributed by atoms with Crippen molar-refractivity contribution in [1.29, 1.82) is 0 Å². The van der Waals surface area contributed by atoms with Gasteiger partial charge >= 0.3 is 7.82 Å². The molecule has 0 aliphatic carbocycles. The Balaban J connectivity index is 1.67. The van der Waals surface area contributed by atoms with E-state index in [4.69, 9.17) is 19.0 Å². The molecule has 0 spiro atoms. The minimum atomic E-state index is -4.52. The van der Waals surface area contributed by atoms with Gasteiger partial charge in [0.25, 0.3) is 0 Å². The number of hydrogen-bond donors (Lipinski definition) is 2. The van der Waals surface area contributed by atoms with Gasteiger partial charge in [0.2, 0.25) is 0 Å². The zero-order chi connectivity index (χ0) is 23.8. The fourth-order valence-corrected chi connectivity index (χ4v) is 4.58. The van der Waals surface area contributed by atoms with Gasteiger partial charge in [-0.15, -0.1) is 0 Å². The molecule has 0 bridgehead atoms. The van der Waals surface area contributed by atoms with E-state index >= 15 is 0 Å². The van der Waals surface area contributed by atoms with Gasteiger partial charge in [0, 0.05) is 5.39 Å². The van der Waals surface area contributed by atoms with Crippen LogP contribution in [0.1, 0.15) is 96.8 Å². The average molecular weight is 479 g/mol. The monoisotopic (exact) mass is 478 g/mol. The third kappa shape index (κ3) is 12.6. The molecule has 0 aromatic heterocycles. The molecular formula is C27H43O5P. The van der Waals surface area contributed by atoms with Crippen LogP contribution in [0.2, 0.25) is 0 Å². The topological polar surface area (TPSA) is 76.0 Å². The highest BCUT2D eigenvalue weighted by Crippen LogP contribution is 2.36. The van der Waals surface area contributed by atoms with Crippen molar-refractivity contribution in [2.45, 2.75) is 103 Å². The SMILES string of the molecule is CCCCCCCCCCCCCCCC(COP(=O)(O)O)Oc1cccc2ccccc12. The van der Waals surface area contributed by atoms with Crippen LogP contribution in [0.5, 0.6) is 5.75 Å². The van der Waals surface area contributed by atoms with E-state index in [1.165, 1.54) is 70.6 Å². The first-order valence-corrected chi connectivity index (χ1v) is 14.4. The Hall–Kier alpha value is -1.39. The molecule has 6 heteroatoms. The van der Waals surface area contributed by atoms with Gasteiger partial charge in [0.1, 0.15) is 11.9 Å². The van der Waals surface area contributed by atoms with Crippen molar-refractivity contribution < 1.29 is 23.6 Å². The van der Waals surface area contributed by atoms with Crippen molar-refractivity contribution in [2.75, 3.05) is 6.61 Å². The highest BCUT2D eigenvalue weighted by Gasteiger charge is 2.20. The summed E-state index contributed by atoms with van der Waals surface area (Å²) in [4.78, 5) is 18.2. The minimum absolute atomic E-state index is 0.119. The Morgan fingerprint density at radius 3 is 1.91 bits per heavy atom. The van der Waals surface area contributed by atoms with Crippen molar-refractivity contribution in [3.8, 4) is 5.75 Å². The molecule has 1 unspecified atom stereocenters. The number of unbranched alkanes of at least 4 members (excludes halogenated alkanes) is 12. The van der Waals surface area contributed by atoms with Gasteiger partial charge in [-0.3, -0.25) is 4.52 Å². The van der Waals surface area contributed by atoms with Crippen LogP contribution in [-0.4, -0.2) is 22.5 Å². The van der Waals surface area contributed by atoms with Gasteiger partial charge < -0.3 is 14.5 Å². The normalized spacial score (nSPS) is 12.8. The Morgan fingerprint density at radius 1 is 0.758 bits per heavy atom. The number of fused-ring (bicyclic) bond motifs is 1. The molecule has 0 heterocycles. The number of phosphoric acid groups is 1. The number of ether oxygens (including phenoxy) is 1. The average Bonchev–Trinajstić information content (AvgIpc) is 2.80. The smallest absolute Gasteiger partial charge is 0.469 e. The van der Waals surface area contributed by atoms with Crippen LogP contribution < -0.4 is 4.74 Å². The summed E-state index contributed by atoms with van der Waals surface area (Å²) >= 11 is 0. The lowest BCUT2D eigenvalue weighted by Gasteiger charge is -2.20. The predicted molar refractivity (Wildman–Crippen MR) is 137 cm³/mol. The molecule has 0 saturated heterocycles. The number of rotatable bonds is 19. The molecule has 33 heavy (non-hydrogen) atoms. The van der Waals surface area contributed by atoms with Gasteiger partial charge in [0.15, 0.2) is 0 Å². The van der Waals surface area contributed by atoms with E-state index in [9.17, 15) is 4.57 Å². The molecule has 0 aliphatic rings. The van der Waals surface area contributed by atoms with Crippen molar-refractivity contribution in [1.82, 2.24) is 0 Å². The lowest BCUT2D eigenvalue weighted by atomic mass is 10.0. The maximum absolute atomic E-state index is 11.2. The first-order chi connectivity index (χ1) is 16.0. The minimum Gasteiger partial charge on any atom is -0.487 e. The van der Waals surface area contributed by atoms with Crippen molar-refractivity contribution in [2.24, 2.45) is 0 Å². The molecule has 0 fully saturated rings. The van der Waals surface area contributed by atoms with E-state index in [0.717, 1.165) is 29.4 Å². The first-order valence-electron chi connectivity index (χ1n) is 12.8. The van der Waals surface area contributed by atoms with E-state index in [1.807, 2.05) is 42.5 Å². The highest BCUT2D eigenvalue weighted by atomic mass is 31.2. The Morgan fingerprint density at radius 2 is 1.30 bits per heavy atom. The van der Waals surface area contributed by atoms with Crippen molar-refractivity contribution in [3.63, 3.8) is 0 Å². The van der Waals surface area contributed by atoms with Crippen LogP contribution in [-0.2, 0) is 9.09 Å². The second-order valence-corrected chi connectivity index (χ2v) is 10.3. The molecule has 1 atom stereocenters. The van der Waals surface area contributed by atoms with Crippen LogP contribution in [0.4, 0.5) is 0 Å². The fraction of sp³-hybridized carbons (Fsp3) is 0.630. The zero-order valence-corrected chi connectivity index (χ0v) is 21.2. The van der Waals surface area contributed by atoms with E-state index in [2.05, 4.69) is 6.92 Å². The van der Waals surface area contributed by atoms with Crippen LogP contribution in [0.3, 0.4) is 0 Å². The van der Waals surface area contributed by atoms with E-state index in [-0.39, 0.29) is 6.61 Å². The molecular weight excluding hydrogens is 435 g/mol. The third-order valence-electron chi connectivity index (χ3n) is 6.10. The molecule has 0 amide bonds. The van der Waals surface area contributed by atoms with Crippen molar-refractivity contribution >= 4 is 18.6 Å². The van der Waals surface area contributed by atoms with Crippen molar-refractivity contribution in [3.05, 3.63) is 42.5 Å². The number of hydrogen-bond acceptors (Lipinski definition) is 3. The van der Waals surface area contributed by atoms with E-state index < -0.39 is 13.9 Å². The predicted octanol–water partition coefficient (Wildman–Crippen LogP) is 8.18. The Bertz CT molecular complexity index is 814. The molecule has 5 nitrogen and oxygen atoms in total. The van der Waals surface area contributed by atoms with Crippen LogP contribution in [0, 0.1) is 0 Å². The summed E-state index contributed by atoms with van der Waals surface area (Å²) in [6.45, 7) is 2.14. The second kappa shape index (κ2) is 16.3. The first kappa shape index (κ1) is 27.9. The van der Waals surface area contributed by atoms with Crippen LogP contribution in [0.15, 0.2) is 42.5 Å². The summed E-state index contributed by atoms with van der Waals surface area (Å²) in [5, 5.41) is 2.07. The zero-order valence-electron chi connectivity index (χ0n) is 20.3. The lowest BCUT2D eigenvalue weighted by molar-refractivity contribution is 0.0952. The van der Waals surface area contributed by atoms with Gasteiger partial charge in [0.05, 0.1) is 6.61 Å². The lowest BCUT2D eigenvalue weighted by Crippen LogP contribution is -2.22. The number of phosphoric ester groups is 1. The maximum atomic E-state index is 11.2. The molecule has 2 N–H and O–H groups in total. The largest absolute Gasteiger partial charge is 0.487 e. The summed E-state index contributed by atoms with van der Waals surface area (Å²) < 4.78 is 22.1. The summed E-state index contributed by atoms with van der Waals surface area (Å²) in [6, 6.07) is 13.8.